The largest absolute Gasteiger partial charge is 0.494 e. The summed E-state index contributed by atoms with van der Waals surface area (Å²) < 4.78 is 13.5. The molecule has 0 saturated carbocycles. The standard InChI is InChI=1S/C25H29N3O3/c1-5-30-24(29)22-17(4)26-25-27-20-11-6-7-12-21(20)28(25)23(22)18-9-8-10-19(15-18)31-14-13-16(2)3/h6-12,15-16,23H,5,13-14H2,1-4H3,(H,26,27)/t23-/m0/s1. The zero-order valence-electron chi connectivity index (χ0n) is 18.5. The zero-order chi connectivity index (χ0) is 22.0. The van der Waals surface area contributed by atoms with E-state index in [0.29, 0.717) is 30.7 Å². The van der Waals surface area contributed by atoms with Crippen molar-refractivity contribution >= 4 is 23.0 Å². The molecule has 162 valence electrons. The van der Waals surface area contributed by atoms with Crippen molar-refractivity contribution in [2.45, 2.75) is 40.2 Å². The number of nitrogens with zero attached hydrogens (tertiary/aromatic N) is 2. The third-order valence-electron chi connectivity index (χ3n) is 5.46. The first-order valence-electron chi connectivity index (χ1n) is 10.8. The number of carbonyl (C=O) groups excluding carboxylic acids is 1. The number of fused-ring (bicyclic) bond motifs is 3. The van der Waals surface area contributed by atoms with Gasteiger partial charge in [-0.25, -0.2) is 9.78 Å². The van der Waals surface area contributed by atoms with Gasteiger partial charge in [-0.3, -0.25) is 4.57 Å². The Hall–Kier alpha value is -3.28. The van der Waals surface area contributed by atoms with Gasteiger partial charge in [0, 0.05) is 5.70 Å². The molecule has 0 spiro atoms. The van der Waals surface area contributed by atoms with Crippen molar-refractivity contribution in [1.29, 1.82) is 0 Å². The minimum atomic E-state index is -0.364. The number of aromatic nitrogens is 2. The number of hydrogen-bond donors (Lipinski definition) is 1. The summed E-state index contributed by atoms with van der Waals surface area (Å²) in [6.45, 7) is 9.05. The smallest absolute Gasteiger partial charge is 0.338 e. The normalized spacial score (nSPS) is 15.7. The van der Waals surface area contributed by atoms with Crippen molar-refractivity contribution in [3.05, 3.63) is 65.4 Å². The van der Waals surface area contributed by atoms with Gasteiger partial charge in [0.15, 0.2) is 0 Å². The molecule has 1 N–H and O–H groups in total. The van der Waals surface area contributed by atoms with E-state index >= 15 is 0 Å². The van der Waals surface area contributed by atoms with Gasteiger partial charge in [-0.15, -0.1) is 0 Å². The number of allylic oxidation sites excluding steroid dienone is 1. The summed E-state index contributed by atoms with van der Waals surface area (Å²) in [5.41, 5.74) is 4.11. The van der Waals surface area contributed by atoms with Crippen molar-refractivity contribution in [1.82, 2.24) is 9.55 Å². The van der Waals surface area contributed by atoms with E-state index in [2.05, 4.69) is 23.7 Å². The van der Waals surface area contributed by atoms with E-state index in [0.717, 1.165) is 34.5 Å². The number of ether oxygens (including phenoxy) is 2. The van der Waals surface area contributed by atoms with Crippen LogP contribution in [0.2, 0.25) is 0 Å². The highest BCUT2D eigenvalue weighted by Gasteiger charge is 2.35. The Labute approximate surface area is 182 Å². The first kappa shape index (κ1) is 21.0. The van der Waals surface area contributed by atoms with E-state index in [1.807, 2.05) is 62.4 Å². The van der Waals surface area contributed by atoms with Crippen LogP contribution >= 0.6 is 0 Å². The number of imidazole rings is 1. The van der Waals surface area contributed by atoms with E-state index in [4.69, 9.17) is 14.5 Å². The van der Waals surface area contributed by atoms with Crippen LogP contribution in [0.25, 0.3) is 11.0 Å². The van der Waals surface area contributed by atoms with Crippen molar-refractivity contribution in [2.24, 2.45) is 5.92 Å². The summed E-state index contributed by atoms with van der Waals surface area (Å²) in [6, 6.07) is 15.5. The summed E-state index contributed by atoms with van der Waals surface area (Å²) in [6.07, 6.45) is 0.987. The lowest BCUT2D eigenvalue weighted by Gasteiger charge is -2.30. The Balaban J connectivity index is 1.82. The van der Waals surface area contributed by atoms with Gasteiger partial charge < -0.3 is 14.8 Å². The van der Waals surface area contributed by atoms with Crippen LogP contribution in [0.3, 0.4) is 0 Å². The molecule has 0 unspecified atom stereocenters. The second kappa shape index (κ2) is 8.84. The van der Waals surface area contributed by atoms with Gasteiger partial charge in [0.1, 0.15) is 5.75 Å². The molecule has 0 aliphatic carbocycles. The highest BCUT2D eigenvalue weighted by atomic mass is 16.5. The van der Waals surface area contributed by atoms with Crippen LogP contribution < -0.4 is 10.1 Å². The second-order valence-corrected chi connectivity index (χ2v) is 8.18. The third kappa shape index (κ3) is 4.15. The molecule has 6 nitrogen and oxygen atoms in total. The summed E-state index contributed by atoms with van der Waals surface area (Å²) >= 11 is 0. The molecule has 4 rings (SSSR count). The Morgan fingerprint density at radius 1 is 1.19 bits per heavy atom. The zero-order valence-corrected chi connectivity index (χ0v) is 18.5. The van der Waals surface area contributed by atoms with E-state index in [1.165, 1.54) is 0 Å². The van der Waals surface area contributed by atoms with E-state index in [9.17, 15) is 4.79 Å². The van der Waals surface area contributed by atoms with Crippen molar-refractivity contribution in [3.63, 3.8) is 0 Å². The predicted molar refractivity (Wildman–Crippen MR) is 122 cm³/mol. The number of esters is 1. The number of anilines is 1. The van der Waals surface area contributed by atoms with Gasteiger partial charge in [-0.1, -0.05) is 38.1 Å². The number of para-hydroxylation sites is 2. The fraction of sp³-hybridized carbons (Fsp3) is 0.360. The fourth-order valence-corrected chi connectivity index (χ4v) is 3.94. The van der Waals surface area contributed by atoms with Gasteiger partial charge >= 0.3 is 5.97 Å². The van der Waals surface area contributed by atoms with Crippen molar-refractivity contribution < 1.29 is 14.3 Å². The molecule has 0 amide bonds. The van der Waals surface area contributed by atoms with Crippen LogP contribution in [-0.4, -0.2) is 28.7 Å². The molecule has 1 aliphatic rings. The summed E-state index contributed by atoms with van der Waals surface area (Å²) in [7, 11) is 0. The third-order valence-corrected chi connectivity index (χ3v) is 5.46. The van der Waals surface area contributed by atoms with Crippen LogP contribution in [-0.2, 0) is 9.53 Å². The lowest BCUT2D eigenvalue weighted by atomic mass is 9.95. The van der Waals surface area contributed by atoms with Crippen LogP contribution in [0.4, 0.5) is 5.95 Å². The molecule has 1 aromatic heterocycles. The SMILES string of the molecule is CCOC(=O)C1=C(C)Nc2nc3ccccc3n2[C@H]1c1cccc(OCCC(C)C)c1. The number of rotatable bonds is 7. The van der Waals surface area contributed by atoms with Gasteiger partial charge in [-0.05, 0) is 56.0 Å². The van der Waals surface area contributed by atoms with E-state index in [-0.39, 0.29) is 12.0 Å². The Kier molecular flexibility index (Phi) is 5.98. The maximum atomic E-state index is 13.0. The molecule has 1 atom stereocenters. The van der Waals surface area contributed by atoms with E-state index in [1.54, 1.807) is 0 Å². The monoisotopic (exact) mass is 419 g/mol. The lowest BCUT2D eigenvalue weighted by Crippen LogP contribution is -2.29. The number of benzene rings is 2. The van der Waals surface area contributed by atoms with Gasteiger partial charge in [0.25, 0.3) is 0 Å². The number of hydrogen-bond acceptors (Lipinski definition) is 5. The van der Waals surface area contributed by atoms with Crippen molar-refractivity contribution in [3.8, 4) is 5.75 Å². The molecule has 0 radical (unpaired) electrons. The summed E-state index contributed by atoms with van der Waals surface area (Å²) in [5.74, 6) is 1.76. The first-order chi connectivity index (χ1) is 15.0. The molecule has 2 heterocycles. The van der Waals surface area contributed by atoms with Crippen LogP contribution in [0.15, 0.2) is 59.8 Å². The molecular weight excluding hydrogens is 390 g/mol. The van der Waals surface area contributed by atoms with Gasteiger partial charge in [-0.2, -0.15) is 0 Å². The molecule has 0 bridgehead atoms. The predicted octanol–water partition coefficient (Wildman–Crippen LogP) is 5.31. The average molecular weight is 420 g/mol. The molecule has 0 fully saturated rings. The Bertz CT molecular complexity index is 1130. The first-order valence-corrected chi connectivity index (χ1v) is 10.8. The highest BCUT2D eigenvalue weighted by molar-refractivity contribution is 5.94. The number of nitrogens with one attached hydrogen (secondary N) is 1. The van der Waals surface area contributed by atoms with Crippen molar-refractivity contribution in [2.75, 3.05) is 18.5 Å². The van der Waals surface area contributed by atoms with Gasteiger partial charge in [0.05, 0.1) is 35.9 Å². The molecule has 0 saturated heterocycles. The summed E-state index contributed by atoms with van der Waals surface area (Å²) in [5, 5.41) is 3.30. The Morgan fingerprint density at radius 3 is 2.77 bits per heavy atom. The highest BCUT2D eigenvalue weighted by Crippen LogP contribution is 2.40. The topological polar surface area (TPSA) is 65.4 Å². The Morgan fingerprint density at radius 2 is 2.00 bits per heavy atom. The van der Waals surface area contributed by atoms with Crippen LogP contribution in [0.1, 0.15) is 45.7 Å². The average Bonchev–Trinajstić information content (AvgIpc) is 3.10. The quantitative estimate of drug-likeness (QED) is 0.526. The second-order valence-electron chi connectivity index (χ2n) is 8.18. The lowest BCUT2D eigenvalue weighted by molar-refractivity contribution is -0.139. The molecule has 1 aliphatic heterocycles. The molecule has 2 aromatic carbocycles. The maximum Gasteiger partial charge on any atom is 0.338 e. The number of carbonyl (C=O) groups is 1. The molecular formula is C25H29N3O3. The minimum absolute atomic E-state index is 0.318. The van der Waals surface area contributed by atoms with Crippen LogP contribution in [0.5, 0.6) is 5.75 Å². The minimum Gasteiger partial charge on any atom is -0.494 e. The molecule has 6 heteroatoms. The van der Waals surface area contributed by atoms with Gasteiger partial charge in [0.2, 0.25) is 5.95 Å². The fourth-order valence-electron chi connectivity index (χ4n) is 3.94. The maximum absolute atomic E-state index is 13.0. The van der Waals surface area contributed by atoms with Crippen LogP contribution in [0, 0.1) is 5.92 Å². The van der Waals surface area contributed by atoms with E-state index < -0.39 is 0 Å². The summed E-state index contributed by atoms with van der Waals surface area (Å²) in [4.78, 5) is 17.8. The molecule has 31 heavy (non-hydrogen) atoms. The molecule has 3 aromatic rings.